The summed E-state index contributed by atoms with van der Waals surface area (Å²) in [4.78, 5) is 10.9. The van der Waals surface area contributed by atoms with Crippen LogP contribution in [0, 0.1) is 0 Å². The largest absolute Gasteiger partial charge is 0.486 e. The van der Waals surface area contributed by atoms with Gasteiger partial charge in [-0.1, -0.05) is 15.9 Å². The van der Waals surface area contributed by atoms with Crippen molar-refractivity contribution in [2.75, 3.05) is 6.61 Å². The molecule has 1 heterocycles. The first-order valence-electron chi connectivity index (χ1n) is 4.89. The molecule has 2 rings (SSSR count). The topological polar surface area (TPSA) is 55.8 Å². The summed E-state index contributed by atoms with van der Waals surface area (Å²) in [6, 6.07) is 4.61. The standard InChI is InChI=1S/C11H11BrO4/c1-6(12)10-5-15-8-3-2-7(11(13)14)4-9(8)16-10/h2-4,6,10H,5H2,1H3,(H,13,14). The number of carbonyl (C=O) groups is 1. The Kier molecular flexibility index (Phi) is 3.05. The number of halogens is 1. The Balaban J connectivity index is 2.28. The summed E-state index contributed by atoms with van der Waals surface area (Å²) < 4.78 is 11.1. The summed E-state index contributed by atoms with van der Waals surface area (Å²) in [6.45, 7) is 2.42. The van der Waals surface area contributed by atoms with E-state index in [0.717, 1.165) is 0 Å². The Hall–Kier alpha value is -1.23. The Labute approximate surface area is 101 Å². The molecular formula is C11H11BrO4. The van der Waals surface area contributed by atoms with E-state index in [-0.39, 0.29) is 16.5 Å². The van der Waals surface area contributed by atoms with E-state index < -0.39 is 5.97 Å². The van der Waals surface area contributed by atoms with E-state index in [9.17, 15) is 4.79 Å². The van der Waals surface area contributed by atoms with E-state index in [1.54, 1.807) is 6.07 Å². The van der Waals surface area contributed by atoms with Crippen molar-refractivity contribution < 1.29 is 19.4 Å². The fourth-order valence-corrected chi connectivity index (χ4v) is 1.71. The highest BCUT2D eigenvalue weighted by Gasteiger charge is 2.25. The third kappa shape index (κ3) is 2.14. The molecule has 1 N–H and O–H groups in total. The van der Waals surface area contributed by atoms with Gasteiger partial charge in [-0.3, -0.25) is 0 Å². The van der Waals surface area contributed by atoms with Crippen molar-refractivity contribution >= 4 is 21.9 Å². The molecule has 0 saturated heterocycles. The highest BCUT2D eigenvalue weighted by Crippen LogP contribution is 2.34. The minimum atomic E-state index is -0.972. The van der Waals surface area contributed by atoms with E-state index >= 15 is 0 Å². The highest BCUT2D eigenvalue weighted by atomic mass is 79.9. The first kappa shape index (κ1) is 11.3. The van der Waals surface area contributed by atoms with Crippen LogP contribution in [0.1, 0.15) is 17.3 Å². The number of carboxylic acids is 1. The van der Waals surface area contributed by atoms with Gasteiger partial charge in [0.15, 0.2) is 11.5 Å². The molecule has 0 aromatic heterocycles. The zero-order valence-corrected chi connectivity index (χ0v) is 10.2. The third-order valence-corrected chi connectivity index (χ3v) is 2.97. The van der Waals surface area contributed by atoms with E-state index in [4.69, 9.17) is 14.6 Å². The van der Waals surface area contributed by atoms with Gasteiger partial charge in [-0.2, -0.15) is 0 Å². The smallest absolute Gasteiger partial charge is 0.335 e. The van der Waals surface area contributed by atoms with Gasteiger partial charge in [0.05, 0.1) is 10.4 Å². The van der Waals surface area contributed by atoms with Crippen LogP contribution in [-0.2, 0) is 0 Å². The lowest BCUT2D eigenvalue weighted by atomic mass is 10.2. The molecule has 2 unspecified atom stereocenters. The number of ether oxygens (including phenoxy) is 2. The number of hydrogen-bond donors (Lipinski definition) is 1. The molecular weight excluding hydrogens is 276 g/mol. The average molecular weight is 287 g/mol. The van der Waals surface area contributed by atoms with Crippen LogP contribution < -0.4 is 9.47 Å². The van der Waals surface area contributed by atoms with E-state index in [2.05, 4.69) is 15.9 Å². The normalized spacial score (nSPS) is 20.2. The van der Waals surface area contributed by atoms with E-state index in [0.29, 0.717) is 18.1 Å². The predicted octanol–water partition coefficient (Wildman–Crippen LogP) is 2.31. The number of rotatable bonds is 2. The zero-order valence-electron chi connectivity index (χ0n) is 8.64. The molecule has 1 aromatic rings. The van der Waals surface area contributed by atoms with Crippen LogP contribution in [0.2, 0.25) is 0 Å². The van der Waals surface area contributed by atoms with Crippen LogP contribution in [0.4, 0.5) is 0 Å². The molecule has 0 aliphatic carbocycles. The fraction of sp³-hybridized carbons (Fsp3) is 0.364. The van der Waals surface area contributed by atoms with Gasteiger partial charge in [-0.25, -0.2) is 4.79 Å². The maximum atomic E-state index is 10.8. The number of benzene rings is 1. The van der Waals surface area contributed by atoms with Crippen LogP contribution in [0.3, 0.4) is 0 Å². The third-order valence-electron chi connectivity index (χ3n) is 2.38. The highest BCUT2D eigenvalue weighted by molar-refractivity contribution is 9.09. The molecule has 0 amide bonds. The summed E-state index contributed by atoms with van der Waals surface area (Å²) in [5, 5.41) is 8.86. The van der Waals surface area contributed by atoms with Crippen molar-refractivity contribution in [3.8, 4) is 11.5 Å². The molecule has 1 aliphatic rings. The molecule has 0 radical (unpaired) electrons. The molecule has 4 nitrogen and oxygen atoms in total. The van der Waals surface area contributed by atoms with Crippen LogP contribution in [0.5, 0.6) is 11.5 Å². The Morgan fingerprint density at radius 1 is 1.56 bits per heavy atom. The number of alkyl halides is 1. The molecule has 1 aromatic carbocycles. The van der Waals surface area contributed by atoms with Crippen molar-refractivity contribution in [2.24, 2.45) is 0 Å². The minimum Gasteiger partial charge on any atom is -0.486 e. The van der Waals surface area contributed by atoms with Crippen LogP contribution in [0.15, 0.2) is 18.2 Å². The lowest BCUT2D eigenvalue weighted by molar-refractivity contribution is 0.0692. The second-order valence-electron chi connectivity index (χ2n) is 3.61. The van der Waals surface area contributed by atoms with Crippen molar-refractivity contribution in [1.82, 2.24) is 0 Å². The maximum Gasteiger partial charge on any atom is 0.335 e. The number of fused-ring (bicyclic) bond motifs is 1. The van der Waals surface area contributed by atoms with Crippen molar-refractivity contribution in [3.63, 3.8) is 0 Å². The Bertz CT molecular complexity index is 416. The number of carboxylic acid groups (broad SMARTS) is 1. The van der Waals surface area contributed by atoms with Gasteiger partial charge in [0.1, 0.15) is 12.7 Å². The summed E-state index contributed by atoms with van der Waals surface area (Å²) in [5.41, 5.74) is 0.199. The first-order chi connectivity index (χ1) is 7.58. The van der Waals surface area contributed by atoms with Crippen molar-refractivity contribution in [2.45, 2.75) is 17.9 Å². The van der Waals surface area contributed by atoms with Gasteiger partial charge in [0.2, 0.25) is 0 Å². The van der Waals surface area contributed by atoms with Gasteiger partial charge in [-0.05, 0) is 25.1 Å². The molecule has 0 saturated carbocycles. The van der Waals surface area contributed by atoms with Gasteiger partial charge in [-0.15, -0.1) is 0 Å². The molecule has 2 atom stereocenters. The zero-order chi connectivity index (χ0) is 11.7. The molecule has 5 heteroatoms. The SMILES string of the molecule is CC(Br)C1COc2ccc(C(=O)O)cc2O1. The summed E-state index contributed by atoms with van der Waals surface area (Å²) >= 11 is 3.41. The average Bonchev–Trinajstić information content (AvgIpc) is 2.27. The second kappa shape index (κ2) is 4.33. The molecule has 0 fully saturated rings. The first-order valence-corrected chi connectivity index (χ1v) is 5.80. The van der Waals surface area contributed by atoms with Crippen molar-refractivity contribution in [3.05, 3.63) is 23.8 Å². The minimum absolute atomic E-state index is 0.100. The molecule has 0 spiro atoms. The predicted molar refractivity (Wildman–Crippen MR) is 61.7 cm³/mol. The lowest BCUT2D eigenvalue weighted by Gasteiger charge is -2.28. The monoisotopic (exact) mass is 286 g/mol. The summed E-state index contributed by atoms with van der Waals surface area (Å²) in [6.07, 6.45) is -0.100. The van der Waals surface area contributed by atoms with E-state index in [1.165, 1.54) is 12.1 Å². The Morgan fingerprint density at radius 2 is 2.31 bits per heavy atom. The molecule has 86 valence electrons. The van der Waals surface area contributed by atoms with Gasteiger partial charge >= 0.3 is 5.97 Å². The second-order valence-corrected chi connectivity index (χ2v) is 5.06. The Morgan fingerprint density at radius 3 is 2.94 bits per heavy atom. The van der Waals surface area contributed by atoms with Gasteiger partial charge < -0.3 is 14.6 Å². The molecule has 1 aliphatic heterocycles. The maximum absolute atomic E-state index is 10.8. The van der Waals surface area contributed by atoms with Crippen LogP contribution >= 0.6 is 15.9 Å². The quantitative estimate of drug-likeness (QED) is 0.848. The van der Waals surface area contributed by atoms with E-state index in [1.807, 2.05) is 6.92 Å². The van der Waals surface area contributed by atoms with Gasteiger partial charge in [0.25, 0.3) is 0 Å². The lowest BCUT2D eigenvalue weighted by Crippen LogP contribution is -2.35. The number of aromatic carboxylic acids is 1. The van der Waals surface area contributed by atoms with Crippen molar-refractivity contribution in [1.29, 1.82) is 0 Å². The fourth-order valence-electron chi connectivity index (χ4n) is 1.45. The summed E-state index contributed by atoms with van der Waals surface area (Å²) in [7, 11) is 0. The van der Waals surface area contributed by atoms with Crippen LogP contribution in [0.25, 0.3) is 0 Å². The van der Waals surface area contributed by atoms with Crippen LogP contribution in [-0.4, -0.2) is 28.6 Å². The summed E-state index contributed by atoms with van der Waals surface area (Å²) in [5.74, 6) is 0.109. The molecule has 16 heavy (non-hydrogen) atoms. The number of hydrogen-bond acceptors (Lipinski definition) is 3. The molecule has 0 bridgehead atoms. The van der Waals surface area contributed by atoms with Gasteiger partial charge in [0, 0.05) is 0 Å².